The van der Waals surface area contributed by atoms with E-state index in [4.69, 9.17) is 13.9 Å². The molecule has 1 aromatic heterocycles. The summed E-state index contributed by atoms with van der Waals surface area (Å²) in [7, 11) is 1.45. The van der Waals surface area contributed by atoms with Crippen molar-refractivity contribution in [3.05, 3.63) is 35.5 Å². The molecule has 1 aromatic carbocycles. The molecule has 1 aliphatic heterocycles. The second-order valence-corrected chi connectivity index (χ2v) is 4.63. The van der Waals surface area contributed by atoms with Crippen molar-refractivity contribution in [3.63, 3.8) is 0 Å². The molecule has 0 radical (unpaired) electrons. The third kappa shape index (κ3) is 2.20. The minimum atomic E-state index is -1.38. The number of benzene rings is 1. The van der Waals surface area contributed by atoms with Crippen LogP contribution in [-0.4, -0.2) is 30.5 Å². The van der Waals surface area contributed by atoms with E-state index in [0.717, 1.165) is 6.07 Å². The molecular weight excluding hydrogens is 289 g/mol. The molecule has 0 bridgehead atoms. The van der Waals surface area contributed by atoms with Crippen molar-refractivity contribution in [3.8, 4) is 11.5 Å². The van der Waals surface area contributed by atoms with Gasteiger partial charge in [-0.05, 0) is 12.1 Å². The fourth-order valence-electron chi connectivity index (χ4n) is 2.19. The van der Waals surface area contributed by atoms with E-state index < -0.39 is 34.5 Å². The number of methoxy groups -OCH3 is 1. The van der Waals surface area contributed by atoms with Gasteiger partial charge in [0, 0.05) is 13.5 Å². The minimum Gasteiger partial charge on any atom is -0.417 e. The van der Waals surface area contributed by atoms with Crippen LogP contribution in [0.3, 0.4) is 0 Å². The molecule has 5 nitrogen and oxygen atoms in total. The Morgan fingerprint density at radius 1 is 1.19 bits per heavy atom. The number of hydrogen-bond acceptors (Lipinski definition) is 5. The van der Waals surface area contributed by atoms with Gasteiger partial charge >= 0.3 is 0 Å². The second-order valence-electron chi connectivity index (χ2n) is 4.63. The molecule has 1 atom stereocenters. The molecule has 21 heavy (non-hydrogen) atoms. The average Bonchev–Trinajstić information content (AvgIpc) is 3.13. The molecule has 1 fully saturated rings. The van der Waals surface area contributed by atoms with E-state index in [-0.39, 0.29) is 12.5 Å². The summed E-state index contributed by atoms with van der Waals surface area (Å²) in [6, 6.07) is 1.48. The van der Waals surface area contributed by atoms with Crippen molar-refractivity contribution in [2.24, 2.45) is 0 Å². The topological polar surface area (TPSA) is 57.4 Å². The van der Waals surface area contributed by atoms with Gasteiger partial charge in [-0.25, -0.2) is 13.2 Å². The molecule has 112 valence electrons. The first-order valence-electron chi connectivity index (χ1n) is 6.18. The number of ether oxygens (including phenoxy) is 2. The Morgan fingerprint density at radius 2 is 1.95 bits per heavy atom. The van der Waals surface area contributed by atoms with Gasteiger partial charge < -0.3 is 13.9 Å². The Bertz CT molecular complexity index is 669. The molecule has 3 rings (SSSR count). The molecule has 0 aliphatic carbocycles. The zero-order chi connectivity index (χ0) is 15.0. The molecule has 8 heteroatoms. The highest BCUT2D eigenvalue weighted by Crippen LogP contribution is 2.35. The van der Waals surface area contributed by atoms with Gasteiger partial charge in [0.25, 0.3) is 11.8 Å². The van der Waals surface area contributed by atoms with Gasteiger partial charge in [0.2, 0.25) is 0 Å². The van der Waals surface area contributed by atoms with Crippen LogP contribution in [-0.2, 0) is 15.1 Å². The van der Waals surface area contributed by atoms with Gasteiger partial charge in [0.15, 0.2) is 17.2 Å². The summed E-state index contributed by atoms with van der Waals surface area (Å²) >= 11 is 0. The van der Waals surface area contributed by atoms with Crippen molar-refractivity contribution in [1.29, 1.82) is 0 Å². The maximum absolute atomic E-state index is 13.7. The first kappa shape index (κ1) is 14.0. The molecule has 2 heterocycles. The van der Waals surface area contributed by atoms with Crippen LogP contribution in [0.5, 0.6) is 0 Å². The Hall–Kier alpha value is -1.93. The largest absolute Gasteiger partial charge is 0.417 e. The molecule has 1 aliphatic rings. The van der Waals surface area contributed by atoms with Crippen LogP contribution in [0.2, 0.25) is 0 Å². The van der Waals surface area contributed by atoms with Crippen molar-refractivity contribution in [2.75, 3.05) is 20.3 Å². The molecular formula is C13H11F3N2O3. The van der Waals surface area contributed by atoms with Crippen LogP contribution >= 0.6 is 0 Å². The smallest absolute Gasteiger partial charge is 0.253 e. The van der Waals surface area contributed by atoms with E-state index in [1.165, 1.54) is 7.11 Å². The van der Waals surface area contributed by atoms with E-state index in [2.05, 4.69) is 10.2 Å². The molecule has 1 saturated heterocycles. The van der Waals surface area contributed by atoms with Gasteiger partial charge in [0.05, 0.1) is 13.2 Å². The highest BCUT2D eigenvalue weighted by molar-refractivity contribution is 5.54. The highest BCUT2D eigenvalue weighted by atomic mass is 19.2. The molecule has 0 saturated carbocycles. The lowest BCUT2D eigenvalue weighted by molar-refractivity contribution is -0.0407. The summed E-state index contributed by atoms with van der Waals surface area (Å²) in [6.45, 7) is 0.632. The van der Waals surface area contributed by atoms with Crippen molar-refractivity contribution >= 4 is 0 Å². The van der Waals surface area contributed by atoms with Crippen molar-refractivity contribution in [1.82, 2.24) is 10.2 Å². The number of aromatic nitrogens is 2. The third-order valence-electron chi connectivity index (χ3n) is 3.45. The zero-order valence-corrected chi connectivity index (χ0v) is 11.0. The van der Waals surface area contributed by atoms with E-state index in [9.17, 15) is 13.2 Å². The molecule has 2 aromatic rings. The summed E-state index contributed by atoms with van der Waals surface area (Å²) < 4.78 is 56.5. The third-order valence-corrected chi connectivity index (χ3v) is 3.45. The summed E-state index contributed by atoms with van der Waals surface area (Å²) in [5.74, 6) is -3.96. The Labute approximate surface area is 117 Å². The SMILES string of the molecule is COC1(c2nnc(-c3c(F)ccc(F)c3F)o2)CCOC1. The van der Waals surface area contributed by atoms with Crippen molar-refractivity contribution < 1.29 is 27.1 Å². The van der Waals surface area contributed by atoms with Crippen LogP contribution in [0.15, 0.2) is 16.5 Å². The summed E-state index contributed by atoms with van der Waals surface area (Å²) in [5.41, 5.74) is -1.63. The van der Waals surface area contributed by atoms with Gasteiger partial charge in [-0.2, -0.15) is 0 Å². The maximum atomic E-state index is 13.7. The number of hydrogen-bond donors (Lipinski definition) is 0. The van der Waals surface area contributed by atoms with Crippen molar-refractivity contribution in [2.45, 2.75) is 12.0 Å². The monoisotopic (exact) mass is 300 g/mol. The Kier molecular flexibility index (Phi) is 3.42. The number of nitrogens with zero attached hydrogens (tertiary/aromatic N) is 2. The van der Waals surface area contributed by atoms with Crippen LogP contribution in [0.25, 0.3) is 11.5 Å². The minimum absolute atomic E-state index is 0.0422. The van der Waals surface area contributed by atoms with Crippen LogP contribution in [0, 0.1) is 17.5 Å². The van der Waals surface area contributed by atoms with Gasteiger partial charge in [0.1, 0.15) is 11.4 Å². The highest BCUT2D eigenvalue weighted by Gasteiger charge is 2.42. The average molecular weight is 300 g/mol. The molecule has 0 spiro atoms. The number of halogens is 3. The normalized spacial score (nSPS) is 21.9. The van der Waals surface area contributed by atoms with E-state index in [1.807, 2.05) is 0 Å². The molecule has 0 N–H and O–H groups in total. The molecule has 1 unspecified atom stereocenters. The number of rotatable bonds is 3. The Morgan fingerprint density at radius 3 is 2.62 bits per heavy atom. The predicted octanol–water partition coefficient (Wildman–Crippen LogP) is 2.42. The summed E-state index contributed by atoms with van der Waals surface area (Å²) in [5, 5.41) is 7.34. The first-order chi connectivity index (χ1) is 10.1. The van der Waals surface area contributed by atoms with Gasteiger partial charge in [-0.3, -0.25) is 0 Å². The summed E-state index contributed by atoms with van der Waals surface area (Å²) in [4.78, 5) is 0. The lowest BCUT2D eigenvalue weighted by atomic mass is 10.0. The standard InChI is InChI=1S/C13H11F3N2O3/c1-19-13(4-5-20-6-13)12-18-17-11(21-12)9-7(14)2-3-8(15)10(9)16/h2-3H,4-6H2,1H3. The van der Waals surface area contributed by atoms with Crippen LogP contribution < -0.4 is 0 Å². The first-order valence-corrected chi connectivity index (χ1v) is 6.18. The lowest BCUT2D eigenvalue weighted by Gasteiger charge is -2.20. The molecule has 0 amide bonds. The summed E-state index contributed by atoms with van der Waals surface area (Å²) in [6.07, 6.45) is 0.471. The maximum Gasteiger partial charge on any atom is 0.253 e. The van der Waals surface area contributed by atoms with Crippen LogP contribution in [0.4, 0.5) is 13.2 Å². The fourth-order valence-corrected chi connectivity index (χ4v) is 2.19. The van der Waals surface area contributed by atoms with Gasteiger partial charge in [-0.15, -0.1) is 10.2 Å². The Balaban J connectivity index is 2.05. The zero-order valence-electron chi connectivity index (χ0n) is 11.0. The second kappa shape index (κ2) is 5.12. The van der Waals surface area contributed by atoms with Crippen LogP contribution in [0.1, 0.15) is 12.3 Å². The van der Waals surface area contributed by atoms with E-state index >= 15 is 0 Å². The van der Waals surface area contributed by atoms with E-state index in [0.29, 0.717) is 19.1 Å². The lowest BCUT2D eigenvalue weighted by Crippen LogP contribution is -2.29. The van der Waals surface area contributed by atoms with E-state index in [1.54, 1.807) is 0 Å². The quantitative estimate of drug-likeness (QED) is 0.815. The fraction of sp³-hybridized carbons (Fsp3) is 0.385. The predicted molar refractivity (Wildman–Crippen MR) is 63.7 cm³/mol. The van der Waals surface area contributed by atoms with Gasteiger partial charge in [-0.1, -0.05) is 0 Å².